The Morgan fingerprint density at radius 3 is 2.52 bits per heavy atom. The van der Waals surface area contributed by atoms with Gasteiger partial charge in [-0.3, -0.25) is 4.40 Å². The first-order valence-corrected chi connectivity index (χ1v) is 8.49. The number of fused-ring (bicyclic) bond motifs is 1. The van der Waals surface area contributed by atoms with E-state index in [2.05, 4.69) is 20.6 Å². The third kappa shape index (κ3) is 5.16. The summed E-state index contributed by atoms with van der Waals surface area (Å²) in [5.74, 6) is -0.230. The van der Waals surface area contributed by atoms with Crippen LogP contribution < -0.4 is 10.6 Å². The van der Waals surface area contributed by atoms with Gasteiger partial charge in [0.15, 0.2) is 5.69 Å². The number of rotatable bonds is 4. The van der Waals surface area contributed by atoms with Crippen LogP contribution in [0.2, 0.25) is 0 Å². The molecule has 2 aromatic heterocycles. The maximum atomic E-state index is 12.2. The summed E-state index contributed by atoms with van der Waals surface area (Å²) in [6.07, 6.45) is 2.48. The molecule has 0 radical (unpaired) electrons. The van der Waals surface area contributed by atoms with Crippen LogP contribution in [0, 0.1) is 0 Å². The zero-order valence-electron chi connectivity index (χ0n) is 16.0. The van der Waals surface area contributed by atoms with Gasteiger partial charge in [-0.05, 0) is 34.1 Å². The minimum absolute atomic E-state index is 0.221. The van der Waals surface area contributed by atoms with E-state index in [4.69, 9.17) is 9.47 Å². The molecule has 0 saturated carbocycles. The number of ether oxygens (including phenoxy) is 2. The van der Waals surface area contributed by atoms with E-state index >= 15 is 0 Å². The highest BCUT2D eigenvalue weighted by molar-refractivity contribution is 5.99. The molecule has 0 aliphatic rings. The number of nitrogens with one attached hydrogen (secondary N) is 2. The van der Waals surface area contributed by atoms with Gasteiger partial charge in [-0.25, -0.2) is 29.7 Å². The van der Waals surface area contributed by atoms with Crippen LogP contribution in [0.3, 0.4) is 0 Å². The van der Waals surface area contributed by atoms with Gasteiger partial charge in [-0.1, -0.05) is 6.92 Å². The molecular weight excluding hydrogens is 354 g/mol. The van der Waals surface area contributed by atoms with E-state index < -0.39 is 23.7 Å². The Hall–Kier alpha value is -3.17. The molecule has 2 heterocycles. The Kier molecular flexibility index (Phi) is 5.98. The van der Waals surface area contributed by atoms with Crippen molar-refractivity contribution in [3.63, 3.8) is 0 Å². The number of imide groups is 1. The van der Waals surface area contributed by atoms with Gasteiger partial charge in [0, 0.05) is 6.20 Å². The minimum atomic E-state index is -0.878. The summed E-state index contributed by atoms with van der Waals surface area (Å²) in [6.45, 7) is 8.84. The number of carbonyl (C=O) groups is 3. The van der Waals surface area contributed by atoms with Gasteiger partial charge in [0.1, 0.15) is 5.60 Å². The first-order chi connectivity index (χ1) is 12.6. The van der Waals surface area contributed by atoms with Crippen molar-refractivity contribution in [2.75, 3.05) is 11.9 Å². The van der Waals surface area contributed by atoms with Crippen molar-refractivity contribution in [3.8, 4) is 0 Å². The number of hydrogen-bond donors (Lipinski definition) is 2. The summed E-state index contributed by atoms with van der Waals surface area (Å²) >= 11 is 0. The quantitative estimate of drug-likeness (QED) is 0.785. The lowest BCUT2D eigenvalue weighted by Crippen LogP contribution is -2.38. The van der Waals surface area contributed by atoms with Gasteiger partial charge in [-0.15, -0.1) is 0 Å². The third-order valence-electron chi connectivity index (χ3n) is 3.23. The summed E-state index contributed by atoms with van der Waals surface area (Å²) in [5.41, 5.74) is 0.315. The molecule has 0 aliphatic heterocycles. The fraction of sp³-hybridized carbons (Fsp3) is 0.471. The number of esters is 1. The van der Waals surface area contributed by atoms with E-state index in [9.17, 15) is 14.4 Å². The number of aromatic nitrogens is 3. The van der Waals surface area contributed by atoms with E-state index in [0.29, 0.717) is 17.9 Å². The summed E-state index contributed by atoms with van der Waals surface area (Å²) in [5, 5.41) is 4.51. The lowest BCUT2D eigenvalue weighted by molar-refractivity contribution is 0.0513. The third-order valence-corrected chi connectivity index (χ3v) is 3.23. The monoisotopic (exact) mass is 377 g/mol. The molecule has 2 aromatic rings. The SMILES string of the molecule is CCOC(=O)c1c(CC)nc2ncc(NC(=O)NC(=O)OC(C)(C)C)cn12. The second-order valence-electron chi connectivity index (χ2n) is 6.57. The zero-order chi connectivity index (χ0) is 20.2. The Labute approximate surface area is 156 Å². The molecule has 0 aromatic carbocycles. The van der Waals surface area contributed by atoms with Crippen LogP contribution in [0.5, 0.6) is 0 Å². The highest BCUT2D eigenvalue weighted by Crippen LogP contribution is 2.16. The number of anilines is 1. The van der Waals surface area contributed by atoms with E-state index in [1.165, 1.54) is 16.8 Å². The van der Waals surface area contributed by atoms with Crippen LogP contribution in [0.4, 0.5) is 15.3 Å². The Bertz CT molecular complexity index is 868. The van der Waals surface area contributed by atoms with Gasteiger partial charge in [0.2, 0.25) is 5.78 Å². The van der Waals surface area contributed by atoms with Gasteiger partial charge in [-0.2, -0.15) is 0 Å². The molecule has 10 nitrogen and oxygen atoms in total. The van der Waals surface area contributed by atoms with Crippen LogP contribution >= 0.6 is 0 Å². The van der Waals surface area contributed by atoms with Crippen molar-refractivity contribution in [3.05, 3.63) is 23.8 Å². The van der Waals surface area contributed by atoms with Crippen LogP contribution in [-0.2, 0) is 15.9 Å². The van der Waals surface area contributed by atoms with Crippen molar-refractivity contribution in [2.24, 2.45) is 0 Å². The Balaban J connectivity index is 2.22. The first-order valence-electron chi connectivity index (χ1n) is 8.49. The first kappa shape index (κ1) is 20.1. The molecule has 0 unspecified atom stereocenters. The second-order valence-corrected chi connectivity index (χ2v) is 6.57. The number of imidazole rings is 1. The van der Waals surface area contributed by atoms with Crippen molar-refractivity contribution < 1.29 is 23.9 Å². The molecule has 0 atom stereocenters. The number of hydrogen-bond acceptors (Lipinski definition) is 7. The minimum Gasteiger partial charge on any atom is -0.461 e. The molecule has 0 bridgehead atoms. The smallest absolute Gasteiger partial charge is 0.415 e. The lowest BCUT2D eigenvalue weighted by atomic mass is 10.2. The summed E-state index contributed by atoms with van der Waals surface area (Å²) in [7, 11) is 0. The molecule has 27 heavy (non-hydrogen) atoms. The van der Waals surface area contributed by atoms with Crippen LogP contribution in [0.25, 0.3) is 5.78 Å². The number of amides is 3. The number of nitrogens with zero attached hydrogens (tertiary/aromatic N) is 3. The van der Waals surface area contributed by atoms with E-state index in [1.54, 1.807) is 27.7 Å². The van der Waals surface area contributed by atoms with E-state index in [0.717, 1.165) is 0 Å². The Morgan fingerprint density at radius 1 is 1.22 bits per heavy atom. The average molecular weight is 377 g/mol. The maximum absolute atomic E-state index is 12.2. The topological polar surface area (TPSA) is 124 Å². The van der Waals surface area contributed by atoms with Crippen LogP contribution in [-0.4, -0.2) is 44.7 Å². The molecule has 146 valence electrons. The van der Waals surface area contributed by atoms with Gasteiger partial charge in [0.25, 0.3) is 0 Å². The molecule has 0 saturated heterocycles. The largest absolute Gasteiger partial charge is 0.461 e. The highest BCUT2D eigenvalue weighted by Gasteiger charge is 2.21. The van der Waals surface area contributed by atoms with Crippen LogP contribution in [0.15, 0.2) is 12.4 Å². The maximum Gasteiger partial charge on any atom is 0.415 e. The van der Waals surface area contributed by atoms with Gasteiger partial charge < -0.3 is 14.8 Å². The average Bonchev–Trinajstić information content (AvgIpc) is 2.90. The summed E-state index contributed by atoms with van der Waals surface area (Å²) < 4.78 is 11.5. The predicted molar refractivity (Wildman–Crippen MR) is 96.7 cm³/mol. The van der Waals surface area contributed by atoms with Crippen molar-refractivity contribution in [1.82, 2.24) is 19.7 Å². The van der Waals surface area contributed by atoms with E-state index in [1.807, 2.05) is 6.92 Å². The van der Waals surface area contributed by atoms with Gasteiger partial charge >= 0.3 is 18.1 Å². The Morgan fingerprint density at radius 2 is 1.93 bits per heavy atom. The number of aryl methyl sites for hydroxylation is 1. The number of alkyl carbamates (subject to hydrolysis) is 1. The van der Waals surface area contributed by atoms with E-state index in [-0.39, 0.29) is 18.0 Å². The molecule has 0 aliphatic carbocycles. The predicted octanol–water partition coefficient (Wildman–Crippen LogP) is 2.53. The molecular formula is C17H23N5O5. The van der Waals surface area contributed by atoms with Gasteiger partial charge in [0.05, 0.1) is 24.2 Å². The summed E-state index contributed by atoms with van der Waals surface area (Å²) in [4.78, 5) is 44.3. The van der Waals surface area contributed by atoms with Crippen molar-refractivity contribution in [1.29, 1.82) is 0 Å². The molecule has 3 amide bonds. The standard InChI is InChI=1S/C17H23N5O5/c1-6-11-12(13(23)26-7-2)22-9-10(8-18-14(22)20-11)19-15(24)21-16(25)27-17(3,4)5/h8-9H,6-7H2,1-5H3,(H2,19,21,24,25). The molecule has 0 fully saturated rings. The van der Waals surface area contributed by atoms with Crippen molar-refractivity contribution >= 4 is 29.6 Å². The summed E-state index contributed by atoms with van der Waals surface area (Å²) in [6, 6.07) is -0.793. The second kappa shape index (κ2) is 8.02. The molecule has 0 spiro atoms. The normalized spacial score (nSPS) is 11.1. The highest BCUT2D eigenvalue weighted by atomic mass is 16.6. The van der Waals surface area contributed by atoms with Crippen molar-refractivity contribution in [2.45, 2.75) is 46.6 Å². The van der Waals surface area contributed by atoms with Crippen LogP contribution in [0.1, 0.15) is 50.8 Å². The molecule has 2 N–H and O–H groups in total. The molecule has 2 rings (SSSR count). The zero-order valence-corrected chi connectivity index (χ0v) is 16.0. The molecule has 10 heteroatoms. The fourth-order valence-electron chi connectivity index (χ4n) is 2.26. The lowest BCUT2D eigenvalue weighted by Gasteiger charge is -2.19. The number of carbonyl (C=O) groups excluding carboxylic acids is 3. The number of urea groups is 1. The fourth-order valence-corrected chi connectivity index (χ4v) is 2.26.